The number of aromatic nitrogens is 1. The maximum absolute atomic E-state index is 12.6. The summed E-state index contributed by atoms with van der Waals surface area (Å²) in [6, 6.07) is 12.0. The molecule has 0 N–H and O–H groups in total. The van der Waals surface area contributed by atoms with Crippen LogP contribution in [-0.2, 0) is 6.42 Å². The number of aryl methyl sites for hydroxylation is 1. The molecule has 0 fully saturated rings. The van der Waals surface area contributed by atoms with Gasteiger partial charge in [-0.05, 0) is 49.6 Å². The predicted molar refractivity (Wildman–Crippen MR) is 75.4 cm³/mol. The van der Waals surface area contributed by atoms with Crippen molar-refractivity contribution < 1.29 is 4.79 Å². The van der Waals surface area contributed by atoms with Gasteiger partial charge < -0.3 is 4.90 Å². The maximum atomic E-state index is 12.6. The zero-order valence-electron chi connectivity index (χ0n) is 11.1. The van der Waals surface area contributed by atoms with Crippen LogP contribution in [0.15, 0.2) is 42.6 Å². The third-order valence-electron chi connectivity index (χ3n) is 3.56. The molecule has 1 unspecified atom stereocenters. The van der Waals surface area contributed by atoms with E-state index in [9.17, 15) is 4.79 Å². The van der Waals surface area contributed by atoms with Crippen molar-refractivity contribution in [2.75, 3.05) is 4.90 Å². The van der Waals surface area contributed by atoms with E-state index in [0.29, 0.717) is 5.69 Å². The molecule has 0 bridgehead atoms. The molecule has 1 aliphatic heterocycles. The monoisotopic (exact) mass is 252 g/mol. The topological polar surface area (TPSA) is 33.2 Å². The first kappa shape index (κ1) is 11.9. The number of carbonyl (C=O) groups is 1. The number of carbonyl (C=O) groups excluding carboxylic acids is 1. The molecule has 1 aromatic heterocycles. The van der Waals surface area contributed by atoms with Crippen molar-refractivity contribution in [1.82, 2.24) is 4.98 Å². The van der Waals surface area contributed by atoms with Crippen LogP contribution in [0.3, 0.4) is 0 Å². The number of hydrogen-bond acceptors (Lipinski definition) is 2. The molecule has 3 heteroatoms. The number of para-hydroxylation sites is 1. The molecule has 3 rings (SSSR count). The number of amides is 1. The van der Waals surface area contributed by atoms with Crippen molar-refractivity contribution in [1.29, 1.82) is 0 Å². The zero-order valence-corrected chi connectivity index (χ0v) is 11.1. The van der Waals surface area contributed by atoms with Gasteiger partial charge >= 0.3 is 0 Å². The zero-order chi connectivity index (χ0) is 13.4. The minimum Gasteiger partial charge on any atom is -0.304 e. The minimum atomic E-state index is -0.0128. The van der Waals surface area contributed by atoms with Crippen molar-refractivity contribution in [3.05, 3.63) is 59.4 Å². The van der Waals surface area contributed by atoms with E-state index in [0.717, 1.165) is 17.7 Å². The fourth-order valence-electron chi connectivity index (χ4n) is 2.65. The lowest BCUT2D eigenvalue weighted by molar-refractivity contribution is 0.0976. The highest BCUT2D eigenvalue weighted by Crippen LogP contribution is 2.32. The predicted octanol–water partition coefficient (Wildman–Crippen LogP) is 2.98. The smallest absolute Gasteiger partial charge is 0.277 e. The molecule has 0 aliphatic carbocycles. The van der Waals surface area contributed by atoms with Crippen LogP contribution < -0.4 is 4.90 Å². The Labute approximate surface area is 112 Å². The second-order valence-corrected chi connectivity index (χ2v) is 5.08. The Kier molecular flexibility index (Phi) is 2.82. The highest BCUT2D eigenvalue weighted by molar-refractivity contribution is 6.06. The molecule has 0 spiro atoms. The van der Waals surface area contributed by atoms with Crippen LogP contribution in [0.25, 0.3) is 0 Å². The van der Waals surface area contributed by atoms with Gasteiger partial charge in [-0.15, -0.1) is 0 Å². The van der Waals surface area contributed by atoms with E-state index >= 15 is 0 Å². The second kappa shape index (κ2) is 4.50. The number of rotatable bonds is 1. The Morgan fingerprint density at radius 1 is 1.32 bits per heavy atom. The van der Waals surface area contributed by atoms with Crippen LogP contribution in [0.1, 0.15) is 28.5 Å². The van der Waals surface area contributed by atoms with E-state index in [1.165, 1.54) is 5.56 Å². The molecular formula is C16H16N2O. The van der Waals surface area contributed by atoms with Gasteiger partial charge in [-0.25, -0.2) is 0 Å². The van der Waals surface area contributed by atoms with Gasteiger partial charge in [0.05, 0.1) is 0 Å². The molecule has 1 aliphatic rings. The Morgan fingerprint density at radius 3 is 2.89 bits per heavy atom. The number of benzene rings is 1. The third kappa shape index (κ3) is 2.01. The first-order chi connectivity index (χ1) is 9.16. The van der Waals surface area contributed by atoms with Gasteiger partial charge in [-0.3, -0.25) is 9.78 Å². The van der Waals surface area contributed by atoms with Crippen molar-refractivity contribution in [2.45, 2.75) is 26.3 Å². The summed E-state index contributed by atoms with van der Waals surface area (Å²) < 4.78 is 0. The summed E-state index contributed by atoms with van der Waals surface area (Å²) in [6.07, 6.45) is 2.60. The van der Waals surface area contributed by atoms with Gasteiger partial charge in [0, 0.05) is 17.9 Å². The number of nitrogens with zero attached hydrogens (tertiary/aromatic N) is 2. The van der Waals surface area contributed by atoms with E-state index in [4.69, 9.17) is 0 Å². The summed E-state index contributed by atoms with van der Waals surface area (Å²) in [7, 11) is 0. The molecule has 1 amide bonds. The van der Waals surface area contributed by atoms with Gasteiger partial charge in [-0.1, -0.05) is 18.2 Å². The van der Waals surface area contributed by atoms with Crippen molar-refractivity contribution in [3.63, 3.8) is 0 Å². The van der Waals surface area contributed by atoms with Crippen molar-refractivity contribution >= 4 is 11.6 Å². The van der Waals surface area contributed by atoms with E-state index in [1.54, 1.807) is 6.20 Å². The standard InChI is InChI=1S/C16H16N2O/c1-11-7-8-17-14(9-11)16(19)18-12(2)10-13-5-3-4-6-15(13)18/h3-9,12H,10H2,1-2H3. The molecule has 1 aromatic carbocycles. The van der Waals surface area contributed by atoms with Gasteiger partial charge in [-0.2, -0.15) is 0 Å². The molecule has 19 heavy (non-hydrogen) atoms. The maximum Gasteiger partial charge on any atom is 0.277 e. The normalized spacial score (nSPS) is 17.4. The number of anilines is 1. The highest BCUT2D eigenvalue weighted by Gasteiger charge is 2.31. The molecule has 96 valence electrons. The summed E-state index contributed by atoms with van der Waals surface area (Å²) in [5, 5.41) is 0. The SMILES string of the molecule is Cc1ccnc(C(=O)N2c3ccccc3CC2C)c1. The Hall–Kier alpha value is -2.16. The molecule has 0 saturated heterocycles. The van der Waals surface area contributed by atoms with Crippen molar-refractivity contribution in [3.8, 4) is 0 Å². The largest absolute Gasteiger partial charge is 0.304 e. The molecular weight excluding hydrogens is 236 g/mol. The molecule has 1 atom stereocenters. The summed E-state index contributed by atoms with van der Waals surface area (Å²) in [5.41, 5.74) is 3.82. The summed E-state index contributed by atoms with van der Waals surface area (Å²) in [6.45, 7) is 4.05. The van der Waals surface area contributed by atoms with E-state index < -0.39 is 0 Å². The quantitative estimate of drug-likeness (QED) is 0.781. The Morgan fingerprint density at radius 2 is 2.11 bits per heavy atom. The van der Waals surface area contributed by atoms with Crippen LogP contribution in [-0.4, -0.2) is 16.9 Å². The number of fused-ring (bicyclic) bond motifs is 1. The number of pyridine rings is 1. The lowest BCUT2D eigenvalue weighted by atomic mass is 10.1. The number of hydrogen-bond donors (Lipinski definition) is 0. The highest BCUT2D eigenvalue weighted by atomic mass is 16.2. The first-order valence-electron chi connectivity index (χ1n) is 6.51. The summed E-state index contributed by atoms with van der Waals surface area (Å²) >= 11 is 0. The van der Waals surface area contributed by atoms with Crippen LogP contribution in [0.5, 0.6) is 0 Å². The fourth-order valence-corrected chi connectivity index (χ4v) is 2.65. The van der Waals surface area contributed by atoms with Crippen molar-refractivity contribution in [2.24, 2.45) is 0 Å². The Bertz CT molecular complexity index is 636. The lowest BCUT2D eigenvalue weighted by Gasteiger charge is -2.22. The average Bonchev–Trinajstić information content (AvgIpc) is 2.74. The van der Waals surface area contributed by atoms with Crippen LogP contribution in [0, 0.1) is 6.92 Å². The third-order valence-corrected chi connectivity index (χ3v) is 3.56. The molecule has 0 saturated carbocycles. The molecule has 0 radical (unpaired) electrons. The van der Waals surface area contributed by atoms with Crippen LogP contribution in [0.2, 0.25) is 0 Å². The fraction of sp³-hybridized carbons (Fsp3) is 0.250. The first-order valence-corrected chi connectivity index (χ1v) is 6.51. The van der Waals surface area contributed by atoms with E-state index in [-0.39, 0.29) is 11.9 Å². The Balaban J connectivity index is 2.01. The minimum absolute atomic E-state index is 0.0128. The lowest BCUT2D eigenvalue weighted by Crippen LogP contribution is -2.36. The summed E-state index contributed by atoms with van der Waals surface area (Å²) in [4.78, 5) is 18.7. The molecule has 2 aromatic rings. The van der Waals surface area contributed by atoms with E-state index in [2.05, 4.69) is 18.0 Å². The second-order valence-electron chi connectivity index (χ2n) is 5.08. The van der Waals surface area contributed by atoms with Crippen LogP contribution >= 0.6 is 0 Å². The van der Waals surface area contributed by atoms with Crippen LogP contribution in [0.4, 0.5) is 5.69 Å². The van der Waals surface area contributed by atoms with E-state index in [1.807, 2.05) is 42.2 Å². The van der Waals surface area contributed by atoms with Gasteiger partial charge in [0.1, 0.15) is 5.69 Å². The van der Waals surface area contributed by atoms with Gasteiger partial charge in [0.2, 0.25) is 0 Å². The molecule has 2 heterocycles. The van der Waals surface area contributed by atoms with Gasteiger partial charge in [0.25, 0.3) is 5.91 Å². The van der Waals surface area contributed by atoms with Gasteiger partial charge in [0.15, 0.2) is 0 Å². The summed E-state index contributed by atoms with van der Waals surface area (Å²) in [5.74, 6) is -0.0128. The molecule has 3 nitrogen and oxygen atoms in total. The average molecular weight is 252 g/mol.